The van der Waals surface area contributed by atoms with Crippen LogP contribution in [0.2, 0.25) is 0 Å². The van der Waals surface area contributed by atoms with Crippen LogP contribution in [0.4, 0.5) is 4.79 Å². The van der Waals surface area contributed by atoms with Gasteiger partial charge >= 0.3 is 0 Å². The number of nitrogens with zero attached hydrogens (tertiary/aromatic N) is 1. The van der Waals surface area contributed by atoms with Gasteiger partial charge in [-0.15, -0.1) is 0 Å². The van der Waals surface area contributed by atoms with Crippen LogP contribution in [0.3, 0.4) is 0 Å². The third-order valence-electron chi connectivity index (χ3n) is 4.38. The molecule has 2 aliphatic rings. The van der Waals surface area contributed by atoms with Crippen molar-refractivity contribution >= 4 is 67.5 Å². The average Bonchev–Trinajstić information content (AvgIpc) is 2.81. The number of benzene rings is 1. The molecule has 0 aromatic heterocycles. The number of hydrogen-bond donors (Lipinski definition) is 1. The SMILES string of the molecule is O=C1S/C(=C/c2cc(Br)c(O)c(I)c2)C(=O)N1CC1CCCCC1. The molecule has 7 heteroatoms. The predicted octanol–water partition coefficient (Wildman–Crippen LogP) is 5.38. The number of imide groups is 1. The van der Waals surface area contributed by atoms with Gasteiger partial charge in [-0.1, -0.05) is 19.3 Å². The number of rotatable bonds is 3. The molecule has 4 nitrogen and oxygen atoms in total. The van der Waals surface area contributed by atoms with Gasteiger partial charge in [0.05, 0.1) is 12.9 Å². The predicted molar refractivity (Wildman–Crippen MR) is 108 cm³/mol. The number of halogens is 2. The highest BCUT2D eigenvalue weighted by Crippen LogP contribution is 2.36. The molecule has 24 heavy (non-hydrogen) atoms. The summed E-state index contributed by atoms with van der Waals surface area (Å²) >= 11 is 6.33. The molecule has 0 spiro atoms. The molecule has 0 unspecified atom stereocenters. The molecule has 1 aliphatic carbocycles. The first-order valence-electron chi connectivity index (χ1n) is 7.89. The number of carbonyl (C=O) groups is 2. The molecule has 2 amide bonds. The van der Waals surface area contributed by atoms with E-state index in [4.69, 9.17) is 0 Å². The zero-order chi connectivity index (χ0) is 17.3. The lowest BCUT2D eigenvalue weighted by molar-refractivity contribution is -0.123. The van der Waals surface area contributed by atoms with Crippen LogP contribution in [0.5, 0.6) is 5.75 Å². The molecule has 1 saturated carbocycles. The zero-order valence-corrected chi connectivity index (χ0v) is 17.5. The molecule has 1 aliphatic heterocycles. The fourth-order valence-corrected chi connectivity index (χ4v) is 5.45. The molecule has 1 aromatic carbocycles. The maximum absolute atomic E-state index is 12.6. The average molecular weight is 522 g/mol. The van der Waals surface area contributed by atoms with Crippen molar-refractivity contribution in [1.82, 2.24) is 4.90 Å². The minimum atomic E-state index is -0.199. The van der Waals surface area contributed by atoms with Crippen LogP contribution in [-0.4, -0.2) is 27.7 Å². The van der Waals surface area contributed by atoms with Gasteiger partial charge in [0.25, 0.3) is 11.1 Å². The van der Waals surface area contributed by atoms with Crippen LogP contribution in [0, 0.1) is 9.49 Å². The van der Waals surface area contributed by atoms with E-state index in [0.29, 0.717) is 25.4 Å². The fraction of sp³-hybridized carbons (Fsp3) is 0.412. The van der Waals surface area contributed by atoms with Crippen molar-refractivity contribution in [3.63, 3.8) is 0 Å². The molecule has 0 radical (unpaired) electrons. The molecule has 3 rings (SSSR count). The second-order valence-corrected chi connectivity index (χ2v) is 9.14. The van der Waals surface area contributed by atoms with Gasteiger partial charge in [0.15, 0.2) is 0 Å². The number of thioether (sulfide) groups is 1. The Morgan fingerprint density at radius 1 is 1.29 bits per heavy atom. The van der Waals surface area contributed by atoms with E-state index in [9.17, 15) is 14.7 Å². The van der Waals surface area contributed by atoms with E-state index in [2.05, 4.69) is 15.9 Å². The largest absolute Gasteiger partial charge is 0.506 e. The van der Waals surface area contributed by atoms with Crippen LogP contribution in [0.1, 0.15) is 37.7 Å². The summed E-state index contributed by atoms with van der Waals surface area (Å²) in [6.07, 6.45) is 7.56. The summed E-state index contributed by atoms with van der Waals surface area (Å²) in [5.41, 5.74) is 0.784. The normalized spacial score (nSPS) is 21.1. The van der Waals surface area contributed by atoms with E-state index >= 15 is 0 Å². The highest BCUT2D eigenvalue weighted by atomic mass is 127. The minimum Gasteiger partial charge on any atom is -0.506 e. The molecule has 1 N–H and O–H groups in total. The Morgan fingerprint density at radius 3 is 2.67 bits per heavy atom. The number of aromatic hydroxyl groups is 1. The minimum absolute atomic E-state index is 0.177. The lowest BCUT2D eigenvalue weighted by atomic mass is 9.89. The van der Waals surface area contributed by atoms with Crippen LogP contribution in [0.15, 0.2) is 21.5 Å². The standard InChI is InChI=1S/C17H17BrINO3S/c18-12-6-11(7-13(19)15(12)21)8-14-16(22)20(17(23)24-14)9-10-4-2-1-3-5-10/h6-8,10,21H,1-5,9H2/b14-8+. The third-order valence-corrected chi connectivity index (χ3v) is 6.71. The van der Waals surface area contributed by atoms with E-state index < -0.39 is 0 Å². The Hall–Kier alpha value is -0.540. The summed E-state index contributed by atoms with van der Waals surface area (Å²) in [5, 5.41) is 9.62. The Balaban J connectivity index is 1.78. The summed E-state index contributed by atoms with van der Waals surface area (Å²) in [6.45, 7) is 0.540. The summed E-state index contributed by atoms with van der Waals surface area (Å²) in [6, 6.07) is 3.53. The van der Waals surface area contributed by atoms with Gasteiger partial charge in [0.1, 0.15) is 5.75 Å². The van der Waals surface area contributed by atoms with Crippen molar-refractivity contribution in [2.75, 3.05) is 6.54 Å². The van der Waals surface area contributed by atoms with Crippen molar-refractivity contribution in [3.8, 4) is 5.75 Å². The quantitative estimate of drug-likeness (QED) is 0.429. The van der Waals surface area contributed by atoms with Gasteiger partial charge < -0.3 is 5.11 Å². The molecule has 1 heterocycles. The molecule has 0 atom stereocenters. The summed E-state index contributed by atoms with van der Waals surface area (Å²) in [7, 11) is 0. The highest BCUT2D eigenvalue weighted by molar-refractivity contribution is 14.1. The van der Waals surface area contributed by atoms with E-state index in [-0.39, 0.29) is 16.9 Å². The molecule has 0 bridgehead atoms. The van der Waals surface area contributed by atoms with Crippen molar-refractivity contribution in [2.24, 2.45) is 5.92 Å². The summed E-state index contributed by atoms with van der Waals surface area (Å²) in [4.78, 5) is 26.7. The summed E-state index contributed by atoms with van der Waals surface area (Å²) < 4.78 is 1.26. The van der Waals surface area contributed by atoms with Crippen LogP contribution >= 0.6 is 50.3 Å². The lowest BCUT2D eigenvalue weighted by Gasteiger charge is -2.25. The first kappa shape index (κ1) is 18.3. The van der Waals surface area contributed by atoms with Gasteiger partial charge in [0.2, 0.25) is 0 Å². The maximum atomic E-state index is 12.6. The number of carbonyl (C=O) groups excluding carboxylic acids is 2. The number of amides is 2. The fourth-order valence-electron chi connectivity index (χ4n) is 3.11. The van der Waals surface area contributed by atoms with Crippen LogP contribution in [0.25, 0.3) is 6.08 Å². The maximum Gasteiger partial charge on any atom is 0.293 e. The van der Waals surface area contributed by atoms with Gasteiger partial charge in [-0.05, 0) is 92.8 Å². The Morgan fingerprint density at radius 2 is 2.00 bits per heavy atom. The Kier molecular flexibility index (Phi) is 5.92. The van der Waals surface area contributed by atoms with Gasteiger partial charge in [-0.25, -0.2) is 0 Å². The van der Waals surface area contributed by atoms with Crippen molar-refractivity contribution in [1.29, 1.82) is 0 Å². The Labute approximate surface area is 167 Å². The van der Waals surface area contributed by atoms with E-state index in [0.717, 1.165) is 30.2 Å². The van der Waals surface area contributed by atoms with Gasteiger partial charge in [-0.2, -0.15) is 0 Å². The molecular formula is C17H17BrINO3S. The lowest BCUT2D eigenvalue weighted by Crippen LogP contribution is -2.34. The molecular weight excluding hydrogens is 505 g/mol. The second-order valence-electron chi connectivity index (χ2n) is 6.13. The van der Waals surface area contributed by atoms with Gasteiger partial charge in [-0.3, -0.25) is 14.5 Å². The van der Waals surface area contributed by atoms with Crippen molar-refractivity contribution in [2.45, 2.75) is 32.1 Å². The molecule has 1 saturated heterocycles. The van der Waals surface area contributed by atoms with Crippen molar-refractivity contribution in [3.05, 3.63) is 30.6 Å². The number of hydrogen-bond acceptors (Lipinski definition) is 4. The zero-order valence-electron chi connectivity index (χ0n) is 12.9. The number of phenolic OH excluding ortho intramolecular Hbond substituents is 1. The smallest absolute Gasteiger partial charge is 0.293 e. The second kappa shape index (κ2) is 7.78. The molecule has 2 fully saturated rings. The first-order valence-corrected chi connectivity index (χ1v) is 10.6. The van der Waals surface area contributed by atoms with Crippen LogP contribution < -0.4 is 0 Å². The monoisotopic (exact) mass is 521 g/mol. The highest BCUT2D eigenvalue weighted by Gasteiger charge is 2.36. The van der Waals surface area contributed by atoms with E-state index in [1.165, 1.54) is 24.2 Å². The molecule has 128 valence electrons. The molecule has 1 aromatic rings. The third kappa shape index (κ3) is 3.99. The van der Waals surface area contributed by atoms with Crippen LogP contribution in [-0.2, 0) is 4.79 Å². The van der Waals surface area contributed by atoms with Gasteiger partial charge in [0, 0.05) is 6.54 Å². The number of phenols is 1. The Bertz CT molecular complexity index is 693. The van der Waals surface area contributed by atoms with E-state index in [1.54, 1.807) is 18.2 Å². The topological polar surface area (TPSA) is 57.6 Å². The van der Waals surface area contributed by atoms with E-state index in [1.807, 2.05) is 22.6 Å². The first-order chi connectivity index (χ1) is 11.5. The summed E-state index contributed by atoms with van der Waals surface area (Å²) in [5.74, 6) is 0.420. The van der Waals surface area contributed by atoms with Crippen molar-refractivity contribution < 1.29 is 14.7 Å².